The van der Waals surface area contributed by atoms with Gasteiger partial charge in [-0.2, -0.15) is 0 Å². The molecule has 2 rings (SSSR count). The van der Waals surface area contributed by atoms with Gasteiger partial charge in [-0.1, -0.05) is 29.8 Å². The van der Waals surface area contributed by atoms with Crippen LogP contribution in [-0.2, 0) is 14.8 Å². The molecular weight excluding hydrogens is 312 g/mol. The fraction of sp³-hybridized carbons (Fsp3) is 0.235. The summed E-state index contributed by atoms with van der Waals surface area (Å²) in [5.74, 6) is -0.707. The Bertz CT molecular complexity index is 827. The van der Waals surface area contributed by atoms with Crippen molar-refractivity contribution in [1.29, 1.82) is 0 Å². The minimum atomic E-state index is -3.87. The summed E-state index contributed by atoms with van der Waals surface area (Å²) in [7, 11) is -3.87. The maximum atomic E-state index is 13.0. The van der Waals surface area contributed by atoms with E-state index in [1.807, 2.05) is 26.8 Å². The first-order chi connectivity index (χ1) is 10.7. The minimum absolute atomic E-state index is 0.130. The topological polar surface area (TPSA) is 80.5 Å². The fourth-order valence-corrected chi connectivity index (χ4v) is 3.77. The predicted molar refractivity (Wildman–Crippen MR) is 90.8 cm³/mol. The molecule has 0 aliphatic heterocycles. The largest absolute Gasteiger partial charge is 0.368 e. The number of benzene rings is 2. The van der Waals surface area contributed by atoms with Crippen molar-refractivity contribution in [2.75, 3.05) is 10.8 Å². The zero-order valence-corrected chi connectivity index (χ0v) is 14.2. The highest BCUT2D eigenvalue weighted by Crippen LogP contribution is 2.28. The molecular formula is C17H20N2O3S. The first kappa shape index (κ1) is 17.0. The number of hydrogen-bond donors (Lipinski definition) is 1. The van der Waals surface area contributed by atoms with E-state index in [2.05, 4.69) is 0 Å². The summed E-state index contributed by atoms with van der Waals surface area (Å²) in [5.41, 5.74) is 8.43. The van der Waals surface area contributed by atoms with E-state index in [4.69, 9.17) is 5.73 Å². The summed E-state index contributed by atoms with van der Waals surface area (Å²) in [4.78, 5) is 11.6. The Kier molecular flexibility index (Phi) is 4.75. The summed E-state index contributed by atoms with van der Waals surface area (Å²) in [6.45, 7) is 5.19. The SMILES string of the molecule is Cc1ccc(S(=O)(=O)N(CC(N)=O)c2cccc(C)c2C)cc1. The second-order valence-electron chi connectivity index (χ2n) is 5.51. The van der Waals surface area contributed by atoms with E-state index in [9.17, 15) is 13.2 Å². The predicted octanol–water partition coefficient (Wildman–Crippen LogP) is 2.29. The van der Waals surface area contributed by atoms with Crippen LogP contribution in [0.5, 0.6) is 0 Å². The molecule has 0 fully saturated rings. The van der Waals surface area contributed by atoms with Gasteiger partial charge in [-0.05, 0) is 50.1 Å². The van der Waals surface area contributed by atoms with Crippen molar-refractivity contribution in [3.8, 4) is 0 Å². The molecule has 2 aromatic carbocycles. The quantitative estimate of drug-likeness (QED) is 0.912. The fourth-order valence-electron chi connectivity index (χ4n) is 2.28. The first-order valence-electron chi connectivity index (χ1n) is 7.17. The minimum Gasteiger partial charge on any atom is -0.368 e. The van der Waals surface area contributed by atoms with Crippen molar-refractivity contribution < 1.29 is 13.2 Å². The smallest absolute Gasteiger partial charge is 0.264 e. The Morgan fingerprint density at radius 2 is 1.65 bits per heavy atom. The van der Waals surface area contributed by atoms with Gasteiger partial charge >= 0.3 is 0 Å². The Labute approximate surface area is 136 Å². The number of aryl methyl sites for hydroxylation is 2. The molecule has 1 amide bonds. The molecule has 0 spiro atoms. The summed E-state index contributed by atoms with van der Waals surface area (Å²) in [6.07, 6.45) is 0. The maximum Gasteiger partial charge on any atom is 0.264 e. The molecule has 2 N–H and O–H groups in total. The molecule has 23 heavy (non-hydrogen) atoms. The number of anilines is 1. The molecule has 0 unspecified atom stereocenters. The van der Waals surface area contributed by atoms with Gasteiger partial charge in [-0.15, -0.1) is 0 Å². The normalized spacial score (nSPS) is 11.3. The highest BCUT2D eigenvalue weighted by Gasteiger charge is 2.27. The van der Waals surface area contributed by atoms with Crippen LogP contribution in [0.1, 0.15) is 16.7 Å². The zero-order chi connectivity index (χ0) is 17.2. The van der Waals surface area contributed by atoms with Gasteiger partial charge in [0.15, 0.2) is 0 Å². The van der Waals surface area contributed by atoms with Crippen LogP contribution in [0.4, 0.5) is 5.69 Å². The van der Waals surface area contributed by atoms with Crippen LogP contribution in [0.3, 0.4) is 0 Å². The number of carbonyl (C=O) groups is 1. The lowest BCUT2D eigenvalue weighted by molar-refractivity contribution is -0.116. The van der Waals surface area contributed by atoms with Crippen LogP contribution < -0.4 is 10.0 Å². The maximum absolute atomic E-state index is 13.0. The highest BCUT2D eigenvalue weighted by molar-refractivity contribution is 7.92. The molecule has 0 bridgehead atoms. The van der Waals surface area contributed by atoms with E-state index < -0.39 is 22.5 Å². The number of nitrogens with two attached hydrogens (primary N) is 1. The first-order valence-corrected chi connectivity index (χ1v) is 8.61. The number of amides is 1. The average Bonchev–Trinajstić information content (AvgIpc) is 2.48. The zero-order valence-electron chi connectivity index (χ0n) is 13.4. The van der Waals surface area contributed by atoms with Crippen LogP contribution >= 0.6 is 0 Å². The second-order valence-corrected chi connectivity index (χ2v) is 7.37. The molecule has 2 aromatic rings. The monoisotopic (exact) mass is 332 g/mol. The number of carbonyl (C=O) groups excluding carboxylic acids is 1. The summed E-state index contributed by atoms with van der Waals surface area (Å²) in [5, 5.41) is 0. The van der Waals surface area contributed by atoms with Gasteiger partial charge in [0, 0.05) is 0 Å². The van der Waals surface area contributed by atoms with Gasteiger partial charge in [-0.25, -0.2) is 8.42 Å². The number of nitrogens with zero attached hydrogens (tertiary/aromatic N) is 1. The van der Waals surface area contributed by atoms with Gasteiger partial charge in [-0.3, -0.25) is 9.10 Å². The van der Waals surface area contributed by atoms with Crippen molar-refractivity contribution in [2.45, 2.75) is 25.7 Å². The van der Waals surface area contributed by atoms with Gasteiger partial charge in [0.25, 0.3) is 10.0 Å². The number of sulfonamides is 1. The third kappa shape index (κ3) is 3.53. The molecule has 0 aliphatic carbocycles. The van der Waals surface area contributed by atoms with E-state index in [0.717, 1.165) is 21.0 Å². The van der Waals surface area contributed by atoms with Crippen molar-refractivity contribution in [3.63, 3.8) is 0 Å². The molecule has 0 heterocycles. The molecule has 0 atom stereocenters. The Morgan fingerprint density at radius 1 is 1.04 bits per heavy atom. The Morgan fingerprint density at radius 3 is 2.22 bits per heavy atom. The molecule has 0 aromatic heterocycles. The van der Waals surface area contributed by atoms with Crippen LogP contribution in [-0.4, -0.2) is 20.9 Å². The van der Waals surface area contributed by atoms with E-state index in [-0.39, 0.29) is 4.90 Å². The molecule has 5 nitrogen and oxygen atoms in total. The number of rotatable bonds is 5. The molecule has 6 heteroatoms. The number of primary amides is 1. The highest BCUT2D eigenvalue weighted by atomic mass is 32.2. The molecule has 122 valence electrons. The standard InChI is InChI=1S/C17H20N2O3S/c1-12-7-9-15(10-8-12)23(21,22)19(11-17(18)20)16-6-4-5-13(2)14(16)3/h4-10H,11H2,1-3H3,(H2,18,20). The van der Waals surface area contributed by atoms with Crippen molar-refractivity contribution >= 4 is 21.6 Å². The van der Waals surface area contributed by atoms with Crippen molar-refractivity contribution in [1.82, 2.24) is 0 Å². The lowest BCUT2D eigenvalue weighted by atomic mass is 10.1. The van der Waals surface area contributed by atoms with Crippen LogP contribution in [0.15, 0.2) is 47.4 Å². The summed E-state index contributed by atoms with van der Waals surface area (Å²) >= 11 is 0. The Hall–Kier alpha value is -2.34. The van der Waals surface area contributed by atoms with Crippen LogP contribution in [0.25, 0.3) is 0 Å². The second kappa shape index (κ2) is 6.42. The molecule has 0 radical (unpaired) electrons. The summed E-state index contributed by atoms with van der Waals surface area (Å²) < 4.78 is 27.0. The third-order valence-corrected chi connectivity index (χ3v) is 5.53. The lowest BCUT2D eigenvalue weighted by Gasteiger charge is -2.25. The molecule has 0 saturated heterocycles. The third-order valence-electron chi connectivity index (χ3n) is 3.75. The van der Waals surface area contributed by atoms with Gasteiger partial charge < -0.3 is 5.73 Å². The van der Waals surface area contributed by atoms with Gasteiger partial charge in [0.1, 0.15) is 6.54 Å². The van der Waals surface area contributed by atoms with E-state index in [1.165, 1.54) is 12.1 Å². The van der Waals surface area contributed by atoms with Crippen LogP contribution in [0.2, 0.25) is 0 Å². The Balaban J connectivity index is 2.60. The van der Waals surface area contributed by atoms with Crippen molar-refractivity contribution in [2.24, 2.45) is 5.73 Å². The van der Waals surface area contributed by atoms with Gasteiger partial charge in [0.05, 0.1) is 10.6 Å². The lowest BCUT2D eigenvalue weighted by Crippen LogP contribution is -2.39. The van der Waals surface area contributed by atoms with E-state index in [0.29, 0.717) is 5.69 Å². The van der Waals surface area contributed by atoms with E-state index in [1.54, 1.807) is 24.3 Å². The van der Waals surface area contributed by atoms with Gasteiger partial charge in [0.2, 0.25) is 5.91 Å². The number of hydrogen-bond acceptors (Lipinski definition) is 3. The van der Waals surface area contributed by atoms with E-state index >= 15 is 0 Å². The average molecular weight is 332 g/mol. The molecule has 0 aliphatic rings. The van der Waals surface area contributed by atoms with Crippen molar-refractivity contribution in [3.05, 3.63) is 59.2 Å². The van der Waals surface area contributed by atoms with Crippen LogP contribution in [0, 0.1) is 20.8 Å². The molecule has 0 saturated carbocycles. The summed E-state index contributed by atoms with van der Waals surface area (Å²) in [6, 6.07) is 11.8.